The number of nitrogens with zero attached hydrogens (tertiary/aromatic N) is 3. The van der Waals surface area contributed by atoms with E-state index in [9.17, 15) is 4.79 Å². The lowest BCUT2D eigenvalue weighted by Crippen LogP contribution is -2.24. The Bertz CT molecular complexity index is 832. The molecule has 1 aromatic heterocycles. The molecular weight excluding hydrogens is 304 g/mol. The fourth-order valence-corrected chi connectivity index (χ4v) is 2.87. The van der Waals surface area contributed by atoms with Gasteiger partial charge in [-0.05, 0) is 38.0 Å². The van der Waals surface area contributed by atoms with Crippen molar-refractivity contribution >= 4 is 11.7 Å². The molecular formula is C18H20N4O2. The zero-order valence-electron chi connectivity index (χ0n) is 14.1. The molecule has 1 aliphatic rings. The zero-order chi connectivity index (χ0) is 17.3. The van der Waals surface area contributed by atoms with Gasteiger partial charge in [-0.25, -0.2) is 4.68 Å². The zero-order valence-corrected chi connectivity index (χ0v) is 14.1. The van der Waals surface area contributed by atoms with Crippen molar-refractivity contribution in [3.63, 3.8) is 0 Å². The van der Waals surface area contributed by atoms with Crippen LogP contribution in [0.1, 0.15) is 34.7 Å². The first kappa shape index (κ1) is 16.1. The molecule has 1 aromatic carbocycles. The van der Waals surface area contributed by atoms with Crippen LogP contribution in [0.3, 0.4) is 0 Å². The lowest BCUT2D eigenvalue weighted by Gasteiger charge is -2.12. The normalized spacial score (nSPS) is 15.5. The molecule has 0 unspecified atom stereocenters. The minimum Gasteiger partial charge on any atom is -0.492 e. The van der Waals surface area contributed by atoms with Crippen molar-refractivity contribution in [2.75, 3.05) is 11.9 Å². The summed E-state index contributed by atoms with van der Waals surface area (Å²) in [6.07, 6.45) is 0.345. The molecule has 124 valence electrons. The summed E-state index contributed by atoms with van der Waals surface area (Å²) >= 11 is 0. The molecule has 3 rings (SSSR count). The van der Waals surface area contributed by atoms with Crippen LogP contribution in [0.25, 0.3) is 0 Å². The number of rotatable bonds is 4. The minimum absolute atomic E-state index is 0.116. The van der Waals surface area contributed by atoms with Crippen LogP contribution in [0.5, 0.6) is 5.75 Å². The van der Waals surface area contributed by atoms with Crippen molar-refractivity contribution in [3.05, 3.63) is 40.6 Å². The van der Waals surface area contributed by atoms with E-state index in [1.807, 2.05) is 39.0 Å². The first-order chi connectivity index (χ1) is 11.5. The molecule has 2 aromatic rings. The maximum absolute atomic E-state index is 12.7. The standard InChI is InChI=1S/C18H20N4O2/c1-11-7-14-15(10-24-16(14)8-12(11)2)18(23)20-17-9-13(3)21-22(17)6-4-5-19/h7-9,15H,4,6,10H2,1-3H3,(H,20,23)/t15-/m1/s1. The van der Waals surface area contributed by atoms with E-state index in [1.165, 1.54) is 0 Å². The van der Waals surface area contributed by atoms with Gasteiger partial charge in [-0.15, -0.1) is 0 Å². The topological polar surface area (TPSA) is 79.9 Å². The monoisotopic (exact) mass is 324 g/mol. The Morgan fingerprint density at radius 1 is 1.38 bits per heavy atom. The average Bonchev–Trinajstić information content (AvgIpc) is 3.09. The second-order valence-corrected chi connectivity index (χ2v) is 6.13. The van der Waals surface area contributed by atoms with Crippen LogP contribution in [-0.4, -0.2) is 22.3 Å². The van der Waals surface area contributed by atoms with E-state index in [1.54, 1.807) is 4.68 Å². The van der Waals surface area contributed by atoms with Crippen LogP contribution in [0, 0.1) is 32.1 Å². The SMILES string of the molecule is Cc1cc(NC(=O)[C@@H]2COc3cc(C)c(C)cc32)n(CCC#N)n1. The lowest BCUT2D eigenvalue weighted by molar-refractivity contribution is -0.117. The van der Waals surface area contributed by atoms with Crippen LogP contribution in [-0.2, 0) is 11.3 Å². The number of amides is 1. The number of ether oxygens (including phenoxy) is 1. The Labute approximate surface area is 141 Å². The highest BCUT2D eigenvalue weighted by Crippen LogP contribution is 2.36. The molecule has 0 fully saturated rings. The van der Waals surface area contributed by atoms with Gasteiger partial charge in [0.1, 0.15) is 24.1 Å². The van der Waals surface area contributed by atoms with Gasteiger partial charge in [0.05, 0.1) is 24.7 Å². The first-order valence-corrected chi connectivity index (χ1v) is 7.96. The Hall–Kier alpha value is -2.81. The maximum Gasteiger partial charge on any atom is 0.236 e. The third-order valence-electron chi connectivity index (χ3n) is 4.31. The highest BCUT2D eigenvalue weighted by molar-refractivity contribution is 5.96. The Balaban J connectivity index is 1.81. The molecule has 1 aliphatic heterocycles. The number of hydrogen-bond donors (Lipinski definition) is 1. The third kappa shape index (κ3) is 2.98. The van der Waals surface area contributed by atoms with Gasteiger partial charge in [0, 0.05) is 11.6 Å². The molecule has 24 heavy (non-hydrogen) atoms. The second-order valence-electron chi connectivity index (χ2n) is 6.13. The minimum atomic E-state index is -0.334. The molecule has 0 saturated carbocycles. The van der Waals surface area contributed by atoms with Crippen LogP contribution in [0.15, 0.2) is 18.2 Å². The van der Waals surface area contributed by atoms with E-state index in [4.69, 9.17) is 10.00 Å². The summed E-state index contributed by atoms with van der Waals surface area (Å²) in [5, 5.41) is 16.0. The number of carbonyl (C=O) groups excluding carboxylic acids is 1. The summed E-state index contributed by atoms with van der Waals surface area (Å²) in [6, 6.07) is 7.92. The smallest absolute Gasteiger partial charge is 0.236 e. The maximum atomic E-state index is 12.7. The van der Waals surface area contributed by atoms with Gasteiger partial charge < -0.3 is 10.1 Å². The molecule has 0 aliphatic carbocycles. The van der Waals surface area contributed by atoms with Crippen LogP contribution < -0.4 is 10.1 Å². The van der Waals surface area contributed by atoms with Gasteiger partial charge in [0.15, 0.2) is 0 Å². The third-order valence-corrected chi connectivity index (χ3v) is 4.31. The fraction of sp³-hybridized carbons (Fsp3) is 0.389. The number of hydrogen-bond acceptors (Lipinski definition) is 4. The number of aryl methyl sites for hydroxylation is 4. The van der Waals surface area contributed by atoms with Gasteiger partial charge in [0.25, 0.3) is 0 Å². The Kier molecular flexibility index (Phi) is 4.26. The first-order valence-electron chi connectivity index (χ1n) is 7.96. The van der Waals surface area contributed by atoms with Gasteiger partial charge >= 0.3 is 0 Å². The summed E-state index contributed by atoms with van der Waals surface area (Å²) < 4.78 is 7.34. The number of nitriles is 1. The summed E-state index contributed by atoms with van der Waals surface area (Å²) in [7, 11) is 0. The number of benzene rings is 1. The van der Waals surface area contributed by atoms with Crippen molar-refractivity contribution in [2.24, 2.45) is 0 Å². The van der Waals surface area contributed by atoms with E-state index in [0.29, 0.717) is 25.4 Å². The summed E-state index contributed by atoms with van der Waals surface area (Å²) in [5.41, 5.74) is 4.03. The van der Waals surface area contributed by atoms with Crippen molar-refractivity contribution in [1.82, 2.24) is 9.78 Å². The van der Waals surface area contributed by atoms with Crippen LogP contribution in [0.2, 0.25) is 0 Å². The number of nitrogens with one attached hydrogen (secondary N) is 1. The lowest BCUT2D eigenvalue weighted by atomic mass is 9.96. The largest absolute Gasteiger partial charge is 0.492 e. The molecule has 1 atom stereocenters. The average molecular weight is 324 g/mol. The van der Waals surface area contributed by atoms with Crippen LogP contribution in [0.4, 0.5) is 5.82 Å². The molecule has 0 radical (unpaired) electrons. The summed E-state index contributed by atoms with van der Waals surface area (Å²) in [6.45, 7) is 6.72. The van der Waals surface area contributed by atoms with E-state index >= 15 is 0 Å². The van der Waals surface area contributed by atoms with Gasteiger partial charge in [-0.1, -0.05) is 6.07 Å². The molecule has 6 nitrogen and oxygen atoms in total. The Morgan fingerprint density at radius 2 is 2.12 bits per heavy atom. The molecule has 1 N–H and O–H groups in total. The van der Waals surface area contributed by atoms with Crippen molar-refractivity contribution in [2.45, 2.75) is 39.7 Å². The van der Waals surface area contributed by atoms with E-state index in [-0.39, 0.29) is 11.8 Å². The van der Waals surface area contributed by atoms with Crippen molar-refractivity contribution in [1.29, 1.82) is 5.26 Å². The highest BCUT2D eigenvalue weighted by atomic mass is 16.5. The number of anilines is 1. The number of aromatic nitrogens is 2. The predicted molar refractivity (Wildman–Crippen MR) is 90.0 cm³/mol. The van der Waals surface area contributed by atoms with Gasteiger partial charge in [-0.2, -0.15) is 10.4 Å². The summed E-state index contributed by atoms with van der Waals surface area (Å²) in [5.74, 6) is 0.950. The van der Waals surface area contributed by atoms with Gasteiger partial charge in [-0.3, -0.25) is 4.79 Å². The van der Waals surface area contributed by atoms with E-state index in [0.717, 1.165) is 28.1 Å². The number of carbonyl (C=O) groups is 1. The highest BCUT2D eigenvalue weighted by Gasteiger charge is 2.31. The number of fused-ring (bicyclic) bond motifs is 1. The molecule has 2 heterocycles. The quantitative estimate of drug-likeness (QED) is 0.938. The second kappa shape index (κ2) is 6.36. The summed E-state index contributed by atoms with van der Waals surface area (Å²) in [4.78, 5) is 12.7. The predicted octanol–water partition coefficient (Wildman–Crippen LogP) is 2.84. The molecule has 6 heteroatoms. The fourth-order valence-electron chi connectivity index (χ4n) is 2.87. The van der Waals surface area contributed by atoms with Crippen molar-refractivity contribution in [3.8, 4) is 11.8 Å². The van der Waals surface area contributed by atoms with Crippen molar-refractivity contribution < 1.29 is 9.53 Å². The van der Waals surface area contributed by atoms with Gasteiger partial charge in [0.2, 0.25) is 5.91 Å². The van der Waals surface area contributed by atoms with E-state index < -0.39 is 0 Å². The molecule has 0 spiro atoms. The van der Waals surface area contributed by atoms with Crippen LogP contribution >= 0.6 is 0 Å². The molecule has 1 amide bonds. The Morgan fingerprint density at radius 3 is 2.88 bits per heavy atom. The van der Waals surface area contributed by atoms with E-state index in [2.05, 4.69) is 16.5 Å². The molecule has 0 saturated heterocycles. The molecule has 0 bridgehead atoms.